The maximum atomic E-state index is 4.05. The molecule has 1 N–H and O–H groups in total. The summed E-state index contributed by atoms with van der Waals surface area (Å²) >= 11 is 0. The maximum Gasteiger partial charge on any atom is 0.0775 e. The Bertz CT molecular complexity index is 529. The van der Waals surface area contributed by atoms with E-state index in [1.807, 2.05) is 12.4 Å². The molecular weight excluding hydrogens is 260 g/mol. The summed E-state index contributed by atoms with van der Waals surface area (Å²) in [7, 11) is -1.18. The Morgan fingerprint density at radius 1 is 1.00 bits per heavy atom. The van der Waals surface area contributed by atoms with Crippen LogP contribution < -0.4 is 10.5 Å². The fraction of sp³-hybridized carbons (Fsp3) is 0.353. The van der Waals surface area contributed by atoms with Gasteiger partial charge in [0.25, 0.3) is 0 Å². The van der Waals surface area contributed by atoms with Crippen molar-refractivity contribution in [3.8, 4) is 0 Å². The minimum atomic E-state index is -1.18. The zero-order valence-electron chi connectivity index (χ0n) is 12.9. The second-order valence-corrected chi connectivity index (χ2v) is 11.4. The van der Waals surface area contributed by atoms with Crippen molar-refractivity contribution in [3.05, 3.63) is 59.9 Å². The molecule has 20 heavy (non-hydrogen) atoms. The molecule has 0 aliphatic rings. The van der Waals surface area contributed by atoms with E-state index in [-0.39, 0.29) is 0 Å². The van der Waals surface area contributed by atoms with Gasteiger partial charge in [-0.1, -0.05) is 49.1 Å². The molecular formula is C17H24N2Si. The van der Waals surface area contributed by atoms with Gasteiger partial charge in [0.05, 0.1) is 8.07 Å². The summed E-state index contributed by atoms with van der Waals surface area (Å²) in [4.78, 5) is 4.05. The van der Waals surface area contributed by atoms with Crippen molar-refractivity contribution in [2.24, 2.45) is 0 Å². The molecule has 1 atom stereocenters. The van der Waals surface area contributed by atoms with Gasteiger partial charge in [-0.05, 0) is 30.2 Å². The smallest absolute Gasteiger partial charge is 0.0775 e. The SMILES string of the molecule is CC(NCc1ccc([Si](C)(C)C)cc1)c1ccncc1. The lowest BCUT2D eigenvalue weighted by Gasteiger charge is -2.18. The van der Waals surface area contributed by atoms with Crippen molar-refractivity contribution < 1.29 is 0 Å². The number of nitrogens with one attached hydrogen (secondary N) is 1. The van der Waals surface area contributed by atoms with Crippen LogP contribution >= 0.6 is 0 Å². The Morgan fingerprint density at radius 3 is 2.15 bits per heavy atom. The standard InChI is InChI=1S/C17H24N2Si/c1-14(16-9-11-18-12-10-16)19-13-15-5-7-17(8-6-15)20(2,3)4/h5-12,14,19H,13H2,1-4H3. The van der Waals surface area contributed by atoms with Gasteiger partial charge in [-0.3, -0.25) is 4.98 Å². The number of hydrogen-bond acceptors (Lipinski definition) is 2. The number of pyridine rings is 1. The predicted molar refractivity (Wildman–Crippen MR) is 88.9 cm³/mol. The molecule has 2 aromatic rings. The Kier molecular flexibility index (Phi) is 4.73. The van der Waals surface area contributed by atoms with Crippen LogP contribution in [0, 0.1) is 0 Å². The summed E-state index contributed by atoms with van der Waals surface area (Å²) in [6, 6.07) is 13.5. The monoisotopic (exact) mass is 284 g/mol. The largest absolute Gasteiger partial charge is 0.306 e. The van der Waals surface area contributed by atoms with Crippen molar-refractivity contribution in [2.75, 3.05) is 0 Å². The number of nitrogens with zero attached hydrogens (tertiary/aromatic N) is 1. The Balaban J connectivity index is 1.94. The molecule has 106 valence electrons. The molecule has 1 aromatic heterocycles. The Hall–Kier alpha value is -1.45. The normalized spacial score (nSPS) is 13.2. The summed E-state index contributed by atoms with van der Waals surface area (Å²) < 4.78 is 0. The predicted octanol–water partition coefficient (Wildman–Crippen LogP) is 3.48. The molecule has 1 aromatic carbocycles. The first-order valence-electron chi connectivity index (χ1n) is 7.19. The lowest BCUT2D eigenvalue weighted by molar-refractivity contribution is 0.574. The van der Waals surface area contributed by atoms with Gasteiger partial charge in [-0.2, -0.15) is 0 Å². The second-order valence-electron chi connectivity index (χ2n) is 6.33. The van der Waals surface area contributed by atoms with Crippen LogP contribution in [0.25, 0.3) is 0 Å². The van der Waals surface area contributed by atoms with Crippen LogP contribution in [-0.4, -0.2) is 13.1 Å². The quantitative estimate of drug-likeness (QED) is 0.850. The first-order valence-corrected chi connectivity index (χ1v) is 10.7. The van der Waals surface area contributed by atoms with Crippen LogP contribution in [0.2, 0.25) is 19.6 Å². The molecule has 0 fully saturated rings. The van der Waals surface area contributed by atoms with Gasteiger partial charge >= 0.3 is 0 Å². The third-order valence-corrected chi connectivity index (χ3v) is 5.70. The highest BCUT2D eigenvalue weighted by atomic mass is 28.3. The van der Waals surface area contributed by atoms with Crippen molar-refractivity contribution in [3.63, 3.8) is 0 Å². The van der Waals surface area contributed by atoms with E-state index in [1.54, 1.807) is 0 Å². The van der Waals surface area contributed by atoms with Crippen molar-refractivity contribution in [1.82, 2.24) is 10.3 Å². The first-order chi connectivity index (χ1) is 9.47. The molecule has 2 rings (SSSR count). The summed E-state index contributed by atoms with van der Waals surface area (Å²) in [6.07, 6.45) is 3.69. The number of hydrogen-bond donors (Lipinski definition) is 1. The van der Waals surface area contributed by atoms with Gasteiger partial charge in [0.2, 0.25) is 0 Å². The average molecular weight is 284 g/mol. The van der Waals surface area contributed by atoms with Crippen LogP contribution in [0.4, 0.5) is 0 Å². The highest BCUT2D eigenvalue weighted by molar-refractivity contribution is 6.88. The average Bonchev–Trinajstić information content (AvgIpc) is 2.45. The van der Waals surface area contributed by atoms with E-state index in [4.69, 9.17) is 0 Å². The second kappa shape index (κ2) is 6.33. The third-order valence-electron chi connectivity index (χ3n) is 3.64. The van der Waals surface area contributed by atoms with Crippen LogP contribution in [0.15, 0.2) is 48.8 Å². The van der Waals surface area contributed by atoms with Gasteiger partial charge in [-0.15, -0.1) is 0 Å². The lowest BCUT2D eigenvalue weighted by Crippen LogP contribution is -2.37. The summed E-state index contributed by atoms with van der Waals surface area (Å²) in [5.74, 6) is 0. The summed E-state index contributed by atoms with van der Waals surface area (Å²) in [5, 5.41) is 5.07. The van der Waals surface area contributed by atoms with Gasteiger partial charge in [0.15, 0.2) is 0 Å². The molecule has 2 nitrogen and oxygen atoms in total. The zero-order chi connectivity index (χ0) is 14.6. The Labute approximate surface area is 123 Å². The van der Waals surface area contributed by atoms with Crippen LogP contribution in [-0.2, 0) is 6.54 Å². The maximum absolute atomic E-state index is 4.05. The van der Waals surface area contributed by atoms with Gasteiger partial charge in [0, 0.05) is 25.0 Å². The molecule has 0 saturated carbocycles. The van der Waals surface area contributed by atoms with Crippen molar-refractivity contribution in [1.29, 1.82) is 0 Å². The van der Waals surface area contributed by atoms with Gasteiger partial charge in [-0.25, -0.2) is 0 Å². The highest BCUT2D eigenvalue weighted by Gasteiger charge is 2.15. The molecule has 0 spiro atoms. The molecule has 0 radical (unpaired) electrons. The lowest BCUT2D eigenvalue weighted by atomic mass is 10.1. The third kappa shape index (κ3) is 4.02. The van der Waals surface area contributed by atoms with Gasteiger partial charge < -0.3 is 5.32 Å². The van der Waals surface area contributed by atoms with E-state index < -0.39 is 8.07 Å². The van der Waals surface area contributed by atoms with E-state index in [0.717, 1.165) is 6.54 Å². The summed E-state index contributed by atoms with van der Waals surface area (Å²) in [6.45, 7) is 10.2. The van der Waals surface area contributed by atoms with Gasteiger partial charge in [0.1, 0.15) is 0 Å². The summed E-state index contributed by atoms with van der Waals surface area (Å²) in [5.41, 5.74) is 2.62. The number of benzene rings is 1. The molecule has 0 bridgehead atoms. The number of rotatable bonds is 5. The van der Waals surface area contributed by atoms with E-state index in [1.165, 1.54) is 16.3 Å². The minimum Gasteiger partial charge on any atom is -0.306 e. The van der Waals surface area contributed by atoms with Crippen LogP contribution in [0.5, 0.6) is 0 Å². The molecule has 3 heteroatoms. The van der Waals surface area contributed by atoms with Crippen molar-refractivity contribution in [2.45, 2.75) is 39.2 Å². The molecule has 0 saturated heterocycles. The van der Waals surface area contributed by atoms with E-state index in [0.29, 0.717) is 6.04 Å². The Morgan fingerprint density at radius 2 is 1.60 bits per heavy atom. The van der Waals surface area contributed by atoms with E-state index >= 15 is 0 Å². The highest BCUT2D eigenvalue weighted by Crippen LogP contribution is 2.11. The fourth-order valence-corrected chi connectivity index (χ4v) is 3.33. The fourth-order valence-electron chi connectivity index (χ4n) is 2.16. The molecule has 0 amide bonds. The molecule has 1 unspecified atom stereocenters. The zero-order valence-corrected chi connectivity index (χ0v) is 13.9. The number of aromatic nitrogens is 1. The molecule has 0 aliphatic carbocycles. The molecule has 0 aliphatic heterocycles. The van der Waals surface area contributed by atoms with Crippen LogP contribution in [0.3, 0.4) is 0 Å². The topological polar surface area (TPSA) is 24.9 Å². The first kappa shape index (κ1) is 14.9. The van der Waals surface area contributed by atoms with E-state index in [9.17, 15) is 0 Å². The molecule has 1 heterocycles. The van der Waals surface area contributed by atoms with E-state index in [2.05, 4.69) is 73.3 Å². The minimum absolute atomic E-state index is 0.342. The van der Waals surface area contributed by atoms with Crippen molar-refractivity contribution >= 4 is 13.3 Å². The van der Waals surface area contributed by atoms with Crippen LogP contribution in [0.1, 0.15) is 24.1 Å².